The minimum atomic E-state index is -1.21. The Kier molecular flexibility index (Phi) is 14.9. The zero-order chi connectivity index (χ0) is 44.0. The number of para-hydroxylation sites is 1. The summed E-state index contributed by atoms with van der Waals surface area (Å²) in [5.41, 5.74) is 2.28. The van der Waals surface area contributed by atoms with Crippen molar-refractivity contribution >= 4 is 77.1 Å². The molecule has 2 amide bonds. The number of aliphatic hydroxyl groups is 2. The van der Waals surface area contributed by atoms with Gasteiger partial charge in [0.25, 0.3) is 11.8 Å². The second-order valence-corrected chi connectivity index (χ2v) is 30.6. The van der Waals surface area contributed by atoms with E-state index in [1.54, 1.807) is 72.5 Å². The number of ether oxygens (including phenoxy) is 2. The van der Waals surface area contributed by atoms with Gasteiger partial charge in [-0.1, -0.05) is 57.5 Å². The normalized spacial score (nSPS) is 12.6. The highest BCUT2D eigenvalue weighted by Gasteiger charge is 2.26. The molecule has 16 nitrogen and oxygen atoms in total. The van der Waals surface area contributed by atoms with Crippen molar-refractivity contribution in [2.24, 2.45) is 0 Å². The molecule has 5 heterocycles. The molecular weight excluding hydrogens is 865 g/mol. The van der Waals surface area contributed by atoms with Gasteiger partial charge in [0, 0.05) is 47.1 Å². The van der Waals surface area contributed by atoms with E-state index in [4.69, 9.17) is 14.5 Å². The number of fused-ring (bicyclic) bond motifs is 3. The van der Waals surface area contributed by atoms with Crippen molar-refractivity contribution in [1.82, 2.24) is 49.5 Å². The van der Waals surface area contributed by atoms with Gasteiger partial charge in [-0.3, -0.25) is 9.59 Å². The quantitative estimate of drug-likeness (QED) is 0.0569. The van der Waals surface area contributed by atoms with Crippen LogP contribution in [-0.4, -0.2) is 115 Å². The maximum atomic E-state index is 13.2. The Balaban J connectivity index is 0.000000237. The average molecular weight is 924 g/mol. The van der Waals surface area contributed by atoms with Crippen molar-refractivity contribution in [1.29, 1.82) is 0 Å². The van der Waals surface area contributed by atoms with Gasteiger partial charge < -0.3 is 39.5 Å². The molecular formula is C41H59BrN10O6Si2. The SMILES string of the molecule is CC(C)(CO)NC(=O)c1cn(COCC[Si](C)(C)C)c2ncc(-n3ncc4ccccc43)nc12.CC(C)(CO)NC(=O)c1cn(COCC[Si](C)(C)C)c2ncc(Br)nc12. The summed E-state index contributed by atoms with van der Waals surface area (Å²) in [4.78, 5) is 44.0. The Hall–Kier alpha value is -4.38. The predicted molar refractivity (Wildman–Crippen MR) is 243 cm³/mol. The summed E-state index contributed by atoms with van der Waals surface area (Å²) in [6.07, 6.45) is 8.44. The molecule has 0 saturated carbocycles. The Morgan fingerprint density at radius 1 is 0.733 bits per heavy atom. The third-order valence-electron chi connectivity index (χ3n) is 9.42. The maximum Gasteiger partial charge on any atom is 0.255 e. The molecule has 0 aliphatic carbocycles. The van der Waals surface area contributed by atoms with Crippen molar-refractivity contribution < 1.29 is 29.3 Å². The fraction of sp³-hybridized carbons (Fsp3) is 0.488. The Morgan fingerprint density at radius 3 is 1.72 bits per heavy atom. The van der Waals surface area contributed by atoms with E-state index in [-0.39, 0.29) is 31.8 Å². The zero-order valence-corrected chi connectivity index (χ0v) is 39.9. The van der Waals surface area contributed by atoms with Crippen LogP contribution in [0.1, 0.15) is 48.4 Å². The molecule has 0 saturated heterocycles. The van der Waals surface area contributed by atoms with Gasteiger partial charge >= 0.3 is 0 Å². The standard InChI is InChI=1S/C24H32N6O3Si.C17H27BrN4O3Si/c1-24(2,15-31)28-23(32)18-14-29(16-33-10-11-34(3,4)5)22-21(18)27-20(13-25-22)30-19-9-7-6-8-17(19)12-26-30;1-17(2,10-23)21-16(24)12-9-22(11-25-6-7-26(3,4)5)15-14(12)20-13(18)8-19-15/h6-9,12-14,31H,10-11,15-16H2,1-5H3,(H,28,32);8-9,23H,6-7,10-11H2,1-5H3,(H,21,24). The van der Waals surface area contributed by atoms with Gasteiger partial charge in [-0.25, -0.2) is 24.6 Å². The molecule has 19 heteroatoms. The number of rotatable bonds is 17. The lowest BCUT2D eigenvalue weighted by atomic mass is 10.1. The number of benzene rings is 1. The second-order valence-electron chi connectivity index (χ2n) is 18.6. The van der Waals surface area contributed by atoms with E-state index in [1.807, 2.05) is 24.3 Å². The Bertz CT molecular complexity index is 2430. The van der Waals surface area contributed by atoms with Crippen LogP contribution in [0.15, 0.2) is 59.9 Å². The minimum absolute atomic E-state index is 0.160. The number of aromatic nitrogens is 8. The summed E-state index contributed by atoms with van der Waals surface area (Å²) in [5, 5.41) is 30.1. The summed E-state index contributed by atoms with van der Waals surface area (Å²) >= 11 is 3.30. The first-order valence-corrected chi connectivity index (χ1v) is 28.1. The number of nitrogens with one attached hydrogen (secondary N) is 2. The fourth-order valence-corrected chi connectivity index (χ4v) is 7.56. The molecule has 6 rings (SSSR count). The lowest BCUT2D eigenvalue weighted by Crippen LogP contribution is -2.46. The average Bonchev–Trinajstić information content (AvgIpc) is 3.87. The van der Waals surface area contributed by atoms with Crippen molar-refractivity contribution in [3.63, 3.8) is 0 Å². The van der Waals surface area contributed by atoms with Crippen molar-refractivity contribution in [3.05, 3.63) is 71.0 Å². The first-order valence-electron chi connectivity index (χ1n) is 19.9. The smallest absolute Gasteiger partial charge is 0.255 e. The van der Waals surface area contributed by atoms with Crippen molar-refractivity contribution in [2.75, 3.05) is 26.4 Å². The van der Waals surface area contributed by atoms with E-state index in [0.29, 0.717) is 63.8 Å². The highest BCUT2D eigenvalue weighted by Crippen LogP contribution is 2.24. The molecule has 0 bridgehead atoms. The van der Waals surface area contributed by atoms with E-state index in [2.05, 4.69) is 85.9 Å². The lowest BCUT2D eigenvalue weighted by molar-refractivity contribution is 0.0850. The van der Waals surface area contributed by atoms with Gasteiger partial charge in [-0.15, -0.1) is 0 Å². The molecule has 0 aliphatic rings. The van der Waals surface area contributed by atoms with Crippen LogP contribution in [-0.2, 0) is 22.9 Å². The van der Waals surface area contributed by atoms with Crippen LogP contribution in [0, 0.1) is 0 Å². The summed E-state index contributed by atoms with van der Waals surface area (Å²) in [6, 6.07) is 9.96. The van der Waals surface area contributed by atoms with E-state index in [9.17, 15) is 19.8 Å². The van der Waals surface area contributed by atoms with E-state index >= 15 is 0 Å². The number of carbonyl (C=O) groups is 2. The van der Waals surface area contributed by atoms with Crippen LogP contribution in [0.25, 0.3) is 39.0 Å². The Morgan fingerprint density at radius 2 is 1.22 bits per heavy atom. The van der Waals surface area contributed by atoms with Crippen LogP contribution in [0.5, 0.6) is 0 Å². The lowest BCUT2D eigenvalue weighted by Gasteiger charge is -2.23. The summed E-state index contributed by atoms with van der Waals surface area (Å²) in [5.74, 6) is -0.120. The van der Waals surface area contributed by atoms with Gasteiger partial charge in [-0.05, 0) is 61.8 Å². The van der Waals surface area contributed by atoms with Gasteiger partial charge in [0.2, 0.25) is 0 Å². The summed E-state index contributed by atoms with van der Waals surface area (Å²) in [6.45, 7) is 22.4. The monoisotopic (exact) mass is 922 g/mol. The molecule has 0 radical (unpaired) electrons. The number of hydrogen-bond donors (Lipinski definition) is 4. The van der Waals surface area contributed by atoms with Crippen LogP contribution in [0.3, 0.4) is 0 Å². The third kappa shape index (κ3) is 12.4. The van der Waals surface area contributed by atoms with E-state index in [0.717, 1.165) is 23.0 Å². The minimum Gasteiger partial charge on any atom is -0.394 e. The molecule has 324 valence electrons. The second kappa shape index (κ2) is 19.1. The van der Waals surface area contributed by atoms with Crippen LogP contribution in [0.4, 0.5) is 0 Å². The molecule has 0 unspecified atom stereocenters. The molecule has 60 heavy (non-hydrogen) atoms. The number of nitrogens with zero attached hydrogens (tertiary/aromatic N) is 8. The Labute approximate surface area is 361 Å². The maximum absolute atomic E-state index is 13.2. The van der Waals surface area contributed by atoms with Crippen LogP contribution >= 0.6 is 15.9 Å². The van der Waals surface area contributed by atoms with Gasteiger partial charge in [0.15, 0.2) is 17.1 Å². The molecule has 0 atom stereocenters. The molecule has 0 aliphatic heterocycles. The predicted octanol–water partition coefficient (Wildman–Crippen LogP) is 6.59. The topological polar surface area (TPSA) is 196 Å². The summed E-state index contributed by atoms with van der Waals surface area (Å²) in [7, 11) is -2.37. The molecule has 0 spiro atoms. The van der Waals surface area contributed by atoms with Gasteiger partial charge in [0.1, 0.15) is 29.1 Å². The third-order valence-corrected chi connectivity index (χ3v) is 13.2. The number of carbonyl (C=O) groups excluding carboxylic acids is 2. The van der Waals surface area contributed by atoms with Gasteiger partial charge in [-0.2, -0.15) is 5.10 Å². The van der Waals surface area contributed by atoms with Gasteiger partial charge in [0.05, 0.1) is 59.5 Å². The first-order chi connectivity index (χ1) is 28.1. The van der Waals surface area contributed by atoms with E-state index < -0.39 is 27.2 Å². The molecule has 1 aromatic carbocycles. The van der Waals surface area contributed by atoms with Crippen molar-refractivity contribution in [3.8, 4) is 5.82 Å². The highest BCUT2D eigenvalue weighted by molar-refractivity contribution is 9.10. The van der Waals surface area contributed by atoms with Crippen molar-refractivity contribution in [2.45, 2.75) is 104 Å². The summed E-state index contributed by atoms with van der Waals surface area (Å²) < 4.78 is 17.6. The molecule has 0 fully saturated rings. The molecule has 6 aromatic rings. The van der Waals surface area contributed by atoms with E-state index in [1.165, 1.54) is 0 Å². The molecule has 4 N–H and O–H groups in total. The van der Waals surface area contributed by atoms with Crippen LogP contribution in [0.2, 0.25) is 51.4 Å². The van der Waals surface area contributed by atoms with Crippen LogP contribution < -0.4 is 10.6 Å². The number of aliphatic hydroxyl groups excluding tert-OH is 2. The largest absolute Gasteiger partial charge is 0.394 e. The first kappa shape index (κ1) is 46.7. The fourth-order valence-electron chi connectivity index (χ4n) is 5.77. The zero-order valence-electron chi connectivity index (χ0n) is 36.3. The number of hydrogen-bond acceptors (Lipinski definition) is 11. The number of halogens is 1. The highest BCUT2D eigenvalue weighted by atomic mass is 79.9. The number of amides is 2. The molecule has 5 aromatic heterocycles.